The van der Waals surface area contributed by atoms with Gasteiger partial charge in [0, 0.05) is 18.8 Å². The Labute approximate surface area is 276 Å². The van der Waals surface area contributed by atoms with Crippen LogP contribution < -0.4 is 0 Å². The molecule has 1 unspecified atom stereocenters. The lowest BCUT2D eigenvalue weighted by atomic mass is 9.89. The molecule has 1 rings (SSSR count). The summed E-state index contributed by atoms with van der Waals surface area (Å²) in [6.07, 6.45) is 16.3. The summed E-state index contributed by atoms with van der Waals surface area (Å²) < 4.78 is 26.2. The smallest absolute Gasteiger partial charge is 0.462 e. The standard InChI is InChI=1S/C34H61O11P/c1-4-6-11-17-27(35)21-22-30-29(31(36)23-32(30)37)18-14-15-20-34(39)45-28(25-44-46(40,41)42)24-43-33(38)19-13-10-8-7-9-12-16-26(3)5-2/h14-15,21-22,26-32,35-37H,4-13,16-20,23-25H2,1-3H3,(H2,40,41,42)/b15-14-,22-21+/t26?,27-,28-,29+,30-,31+,32-/m1/s1. The molecule has 0 aliphatic heterocycles. The topological polar surface area (TPSA) is 180 Å². The van der Waals surface area contributed by atoms with Crippen LogP contribution in [0, 0.1) is 17.8 Å². The maximum absolute atomic E-state index is 12.5. The number of aliphatic hydroxyl groups excluding tert-OH is 3. The Bertz CT molecular complexity index is 934. The molecule has 1 fully saturated rings. The first-order valence-electron chi connectivity index (χ1n) is 17.3. The van der Waals surface area contributed by atoms with Crippen molar-refractivity contribution in [2.24, 2.45) is 17.8 Å². The first-order chi connectivity index (χ1) is 21.9. The van der Waals surface area contributed by atoms with E-state index in [0.717, 1.165) is 44.4 Å². The van der Waals surface area contributed by atoms with E-state index in [2.05, 4.69) is 25.3 Å². The summed E-state index contributed by atoms with van der Waals surface area (Å²) in [5.41, 5.74) is 0. The van der Waals surface area contributed by atoms with E-state index in [0.29, 0.717) is 19.3 Å². The summed E-state index contributed by atoms with van der Waals surface area (Å²) >= 11 is 0. The Morgan fingerprint density at radius 3 is 2.24 bits per heavy atom. The number of phosphoric ester groups is 1. The highest BCUT2D eigenvalue weighted by Crippen LogP contribution is 2.37. The maximum Gasteiger partial charge on any atom is 0.469 e. The predicted octanol–water partition coefficient (Wildman–Crippen LogP) is 5.91. The lowest BCUT2D eigenvalue weighted by Gasteiger charge is -2.20. The van der Waals surface area contributed by atoms with Gasteiger partial charge in [-0.3, -0.25) is 14.1 Å². The van der Waals surface area contributed by atoms with Crippen LogP contribution in [0.4, 0.5) is 0 Å². The average molecular weight is 677 g/mol. The highest BCUT2D eigenvalue weighted by Gasteiger charge is 2.39. The van der Waals surface area contributed by atoms with Crippen molar-refractivity contribution < 1.29 is 53.3 Å². The Hall–Kier alpha value is -1.59. The zero-order chi connectivity index (χ0) is 34.4. The van der Waals surface area contributed by atoms with Crippen LogP contribution in [0.25, 0.3) is 0 Å². The van der Waals surface area contributed by atoms with Crippen molar-refractivity contribution in [1.29, 1.82) is 0 Å². The third-order valence-corrected chi connectivity index (χ3v) is 9.10. The summed E-state index contributed by atoms with van der Waals surface area (Å²) in [6, 6.07) is 0. The van der Waals surface area contributed by atoms with Gasteiger partial charge in [-0.15, -0.1) is 0 Å². The summed E-state index contributed by atoms with van der Waals surface area (Å²) in [7, 11) is -4.84. The highest BCUT2D eigenvalue weighted by atomic mass is 31.2. The number of hydrogen-bond donors (Lipinski definition) is 5. The van der Waals surface area contributed by atoms with E-state index in [-0.39, 0.29) is 31.1 Å². The van der Waals surface area contributed by atoms with Crippen LogP contribution in [0.3, 0.4) is 0 Å². The Morgan fingerprint density at radius 1 is 0.891 bits per heavy atom. The lowest BCUT2D eigenvalue weighted by Crippen LogP contribution is -2.29. The number of allylic oxidation sites excluding steroid dienone is 1. The third-order valence-electron chi connectivity index (χ3n) is 8.62. The zero-order valence-electron chi connectivity index (χ0n) is 28.2. The number of carbonyl (C=O) groups excluding carboxylic acids is 2. The molecule has 12 heteroatoms. The number of phosphoric acid groups is 1. The normalized spacial score (nSPS) is 22.3. The molecule has 0 heterocycles. The molecule has 1 aliphatic carbocycles. The minimum absolute atomic E-state index is 0.167. The van der Waals surface area contributed by atoms with Gasteiger partial charge in [0.2, 0.25) is 0 Å². The number of hydrogen-bond acceptors (Lipinski definition) is 9. The van der Waals surface area contributed by atoms with Crippen molar-refractivity contribution >= 4 is 19.8 Å². The summed E-state index contributed by atoms with van der Waals surface area (Å²) in [4.78, 5) is 42.8. The van der Waals surface area contributed by atoms with Crippen LogP contribution in [0.1, 0.15) is 124 Å². The number of unbranched alkanes of at least 4 members (excludes halogenated alkanes) is 7. The van der Waals surface area contributed by atoms with Crippen molar-refractivity contribution in [1.82, 2.24) is 0 Å². The molecule has 7 atom stereocenters. The molecule has 1 aliphatic rings. The van der Waals surface area contributed by atoms with Crippen LogP contribution in [0.2, 0.25) is 0 Å². The SMILES string of the molecule is CCCCC[C@@H](O)/C=C/[C@@H]1[C@H](C/C=C\CC(=O)O[C@H](COC(=O)CCCCCCCCC(C)CC)COP(=O)(O)O)[C@@H](O)C[C@H]1O. The molecule has 11 nitrogen and oxygen atoms in total. The second-order valence-electron chi connectivity index (χ2n) is 12.7. The lowest BCUT2D eigenvalue weighted by molar-refractivity contribution is -0.160. The van der Waals surface area contributed by atoms with E-state index in [1.54, 1.807) is 24.3 Å². The number of esters is 2. The Kier molecular flexibility index (Phi) is 22.6. The molecule has 5 N–H and O–H groups in total. The van der Waals surface area contributed by atoms with Crippen LogP contribution in [0.5, 0.6) is 0 Å². The zero-order valence-corrected chi connectivity index (χ0v) is 29.1. The number of aliphatic hydroxyl groups is 3. The molecule has 0 radical (unpaired) electrons. The van der Waals surface area contributed by atoms with Crippen LogP contribution in [-0.4, -0.2) is 74.7 Å². The maximum atomic E-state index is 12.5. The predicted molar refractivity (Wildman–Crippen MR) is 176 cm³/mol. The molecule has 1 saturated carbocycles. The second-order valence-corrected chi connectivity index (χ2v) is 14.0. The van der Waals surface area contributed by atoms with E-state index in [1.165, 1.54) is 25.7 Å². The van der Waals surface area contributed by atoms with E-state index in [9.17, 15) is 29.5 Å². The molecular formula is C34H61O11P. The van der Waals surface area contributed by atoms with Crippen LogP contribution in [0.15, 0.2) is 24.3 Å². The van der Waals surface area contributed by atoms with Gasteiger partial charge in [-0.1, -0.05) is 109 Å². The molecule has 0 aromatic rings. The van der Waals surface area contributed by atoms with Gasteiger partial charge in [0.1, 0.15) is 6.61 Å². The monoisotopic (exact) mass is 676 g/mol. The van der Waals surface area contributed by atoms with Crippen LogP contribution >= 0.6 is 7.82 Å². The van der Waals surface area contributed by atoms with E-state index >= 15 is 0 Å². The first kappa shape index (κ1) is 42.4. The molecule has 0 saturated heterocycles. The van der Waals surface area contributed by atoms with Crippen molar-refractivity contribution in [3.8, 4) is 0 Å². The molecule has 0 aromatic heterocycles. The largest absolute Gasteiger partial charge is 0.469 e. The van der Waals surface area contributed by atoms with Crippen molar-refractivity contribution in [2.75, 3.05) is 13.2 Å². The van der Waals surface area contributed by atoms with Crippen molar-refractivity contribution in [3.63, 3.8) is 0 Å². The number of carbonyl (C=O) groups is 2. The molecule has 0 bridgehead atoms. The molecule has 268 valence electrons. The van der Waals surface area contributed by atoms with Gasteiger partial charge in [-0.25, -0.2) is 4.57 Å². The van der Waals surface area contributed by atoms with Gasteiger partial charge >= 0.3 is 19.8 Å². The summed E-state index contributed by atoms with van der Waals surface area (Å²) in [5.74, 6) is -1.06. The van der Waals surface area contributed by atoms with Gasteiger partial charge in [-0.05, 0) is 31.1 Å². The number of rotatable bonds is 26. The fraction of sp³-hybridized carbons (Fsp3) is 0.824. The highest BCUT2D eigenvalue weighted by molar-refractivity contribution is 7.46. The number of ether oxygens (including phenoxy) is 2. The minimum atomic E-state index is -4.84. The first-order valence-corrected chi connectivity index (χ1v) is 18.8. The molecule has 0 aromatic carbocycles. The second kappa shape index (κ2) is 24.5. The van der Waals surface area contributed by atoms with Crippen molar-refractivity contribution in [2.45, 2.75) is 148 Å². The summed E-state index contributed by atoms with van der Waals surface area (Å²) in [5, 5.41) is 31.1. The van der Waals surface area contributed by atoms with Gasteiger partial charge in [-0.2, -0.15) is 0 Å². The minimum Gasteiger partial charge on any atom is -0.462 e. The van der Waals surface area contributed by atoms with Gasteiger partial charge in [0.25, 0.3) is 0 Å². The third kappa shape index (κ3) is 20.6. The van der Waals surface area contributed by atoms with Crippen molar-refractivity contribution in [3.05, 3.63) is 24.3 Å². The van der Waals surface area contributed by atoms with Crippen LogP contribution in [-0.2, 0) is 28.2 Å². The average Bonchev–Trinajstić information content (AvgIpc) is 3.27. The summed E-state index contributed by atoms with van der Waals surface area (Å²) in [6.45, 7) is 5.52. The Balaban J connectivity index is 2.49. The molecule has 46 heavy (non-hydrogen) atoms. The van der Waals surface area contributed by atoms with E-state index < -0.39 is 57.4 Å². The fourth-order valence-corrected chi connectivity index (χ4v) is 5.92. The molecular weight excluding hydrogens is 615 g/mol. The van der Waals surface area contributed by atoms with Gasteiger partial charge < -0.3 is 34.6 Å². The van der Waals surface area contributed by atoms with Gasteiger partial charge in [0.05, 0.1) is 31.3 Å². The quantitative estimate of drug-likeness (QED) is 0.0318. The van der Waals surface area contributed by atoms with E-state index in [4.69, 9.17) is 19.3 Å². The Morgan fingerprint density at radius 2 is 1.57 bits per heavy atom. The molecule has 0 spiro atoms. The molecule has 0 amide bonds. The fourth-order valence-electron chi connectivity index (χ4n) is 5.56. The van der Waals surface area contributed by atoms with Gasteiger partial charge in [0.15, 0.2) is 6.10 Å². The van der Waals surface area contributed by atoms with E-state index in [1.807, 2.05) is 0 Å².